The van der Waals surface area contributed by atoms with Crippen LogP contribution in [0.25, 0.3) is 0 Å². The number of fused-ring (bicyclic) bond motifs is 1. The van der Waals surface area contributed by atoms with Crippen LogP contribution in [0.1, 0.15) is 32.1 Å². The second-order valence-electron chi connectivity index (χ2n) is 5.62. The summed E-state index contributed by atoms with van der Waals surface area (Å²) in [4.78, 5) is 17.0. The highest BCUT2D eigenvalue weighted by Gasteiger charge is 2.34. The van der Waals surface area contributed by atoms with Gasteiger partial charge in [0.05, 0.1) is 6.04 Å². The molecule has 4 heteroatoms. The summed E-state index contributed by atoms with van der Waals surface area (Å²) in [7, 11) is 0. The fourth-order valence-electron chi connectivity index (χ4n) is 3.47. The number of nitrogens with zero attached hydrogens (tertiary/aromatic N) is 2. The SMILES string of the molecule is O=C(C1CCCCN1)N1CCN2CCCC2C1. The Bertz CT molecular complexity index is 288. The molecular formula is C13H23N3O. The van der Waals surface area contributed by atoms with E-state index in [0.717, 1.165) is 32.6 Å². The van der Waals surface area contributed by atoms with Crippen LogP contribution >= 0.6 is 0 Å². The summed E-state index contributed by atoms with van der Waals surface area (Å²) in [6, 6.07) is 0.757. The van der Waals surface area contributed by atoms with E-state index in [0.29, 0.717) is 11.9 Å². The molecule has 4 nitrogen and oxygen atoms in total. The monoisotopic (exact) mass is 237 g/mol. The van der Waals surface area contributed by atoms with Gasteiger partial charge in [0.2, 0.25) is 5.91 Å². The molecule has 0 spiro atoms. The number of amides is 1. The predicted octanol–water partition coefficient (Wildman–Crippen LogP) is 0.435. The van der Waals surface area contributed by atoms with E-state index in [9.17, 15) is 4.79 Å². The van der Waals surface area contributed by atoms with Crippen LogP contribution in [-0.4, -0.2) is 60.5 Å². The summed E-state index contributed by atoms with van der Waals surface area (Å²) < 4.78 is 0. The smallest absolute Gasteiger partial charge is 0.239 e. The van der Waals surface area contributed by atoms with E-state index in [1.807, 2.05) is 0 Å². The summed E-state index contributed by atoms with van der Waals surface area (Å²) in [5.74, 6) is 0.358. The Hall–Kier alpha value is -0.610. The third-order valence-corrected chi connectivity index (χ3v) is 4.51. The summed E-state index contributed by atoms with van der Waals surface area (Å²) in [5, 5.41) is 3.37. The van der Waals surface area contributed by atoms with Gasteiger partial charge in [0.1, 0.15) is 0 Å². The second kappa shape index (κ2) is 4.94. The second-order valence-corrected chi connectivity index (χ2v) is 5.62. The highest BCUT2D eigenvalue weighted by Crippen LogP contribution is 2.22. The Labute approximate surface area is 103 Å². The van der Waals surface area contributed by atoms with Crippen molar-refractivity contribution in [2.24, 2.45) is 0 Å². The molecule has 0 bridgehead atoms. The van der Waals surface area contributed by atoms with Crippen LogP contribution in [-0.2, 0) is 4.79 Å². The lowest BCUT2D eigenvalue weighted by Gasteiger charge is -2.39. The van der Waals surface area contributed by atoms with Gasteiger partial charge in [-0.25, -0.2) is 0 Å². The van der Waals surface area contributed by atoms with Crippen molar-refractivity contribution in [3.8, 4) is 0 Å². The predicted molar refractivity (Wildman–Crippen MR) is 66.8 cm³/mol. The number of carbonyl (C=O) groups is 1. The molecule has 3 aliphatic rings. The third kappa shape index (κ3) is 2.33. The molecule has 2 atom stereocenters. The number of carbonyl (C=O) groups excluding carboxylic acids is 1. The molecule has 1 N–H and O–H groups in total. The van der Waals surface area contributed by atoms with Crippen LogP contribution < -0.4 is 5.32 Å². The number of piperazine rings is 1. The maximum Gasteiger partial charge on any atom is 0.239 e. The van der Waals surface area contributed by atoms with Gasteiger partial charge >= 0.3 is 0 Å². The van der Waals surface area contributed by atoms with Gasteiger partial charge in [-0.2, -0.15) is 0 Å². The molecule has 0 saturated carbocycles. The van der Waals surface area contributed by atoms with E-state index in [4.69, 9.17) is 0 Å². The van der Waals surface area contributed by atoms with Crippen LogP contribution in [0.15, 0.2) is 0 Å². The molecule has 3 aliphatic heterocycles. The van der Waals surface area contributed by atoms with Crippen LogP contribution in [0.4, 0.5) is 0 Å². The number of hydrogen-bond donors (Lipinski definition) is 1. The Morgan fingerprint density at radius 1 is 1.06 bits per heavy atom. The number of hydrogen-bond acceptors (Lipinski definition) is 3. The van der Waals surface area contributed by atoms with Crippen molar-refractivity contribution in [1.82, 2.24) is 15.1 Å². The maximum absolute atomic E-state index is 12.4. The van der Waals surface area contributed by atoms with Gasteiger partial charge in [0, 0.05) is 25.7 Å². The molecule has 2 unspecified atom stereocenters. The lowest BCUT2D eigenvalue weighted by molar-refractivity contribution is -0.136. The maximum atomic E-state index is 12.4. The average Bonchev–Trinajstić information content (AvgIpc) is 2.86. The zero-order valence-corrected chi connectivity index (χ0v) is 10.5. The van der Waals surface area contributed by atoms with Crippen LogP contribution in [0, 0.1) is 0 Å². The molecule has 3 rings (SSSR count). The highest BCUT2D eigenvalue weighted by atomic mass is 16.2. The fraction of sp³-hybridized carbons (Fsp3) is 0.923. The van der Waals surface area contributed by atoms with Crippen molar-refractivity contribution in [1.29, 1.82) is 0 Å². The highest BCUT2D eigenvalue weighted by molar-refractivity contribution is 5.82. The molecule has 0 aromatic heterocycles. The molecule has 3 saturated heterocycles. The first-order chi connectivity index (χ1) is 8.34. The molecular weight excluding hydrogens is 214 g/mol. The first-order valence-corrected chi connectivity index (χ1v) is 7.11. The van der Waals surface area contributed by atoms with Gasteiger partial charge in [-0.05, 0) is 38.8 Å². The largest absolute Gasteiger partial charge is 0.338 e. The average molecular weight is 237 g/mol. The summed E-state index contributed by atoms with van der Waals surface area (Å²) in [6.45, 7) is 5.25. The van der Waals surface area contributed by atoms with Crippen LogP contribution in [0.3, 0.4) is 0 Å². The number of piperidine rings is 1. The van der Waals surface area contributed by atoms with Gasteiger partial charge in [-0.3, -0.25) is 9.69 Å². The summed E-state index contributed by atoms with van der Waals surface area (Å²) in [6.07, 6.45) is 6.05. The van der Waals surface area contributed by atoms with Crippen LogP contribution in [0.5, 0.6) is 0 Å². The van der Waals surface area contributed by atoms with Crippen molar-refractivity contribution in [2.75, 3.05) is 32.7 Å². The van der Waals surface area contributed by atoms with E-state index < -0.39 is 0 Å². The summed E-state index contributed by atoms with van der Waals surface area (Å²) in [5.41, 5.74) is 0. The van der Waals surface area contributed by atoms with E-state index in [2.05, 4.69) is 15.1 Å². The molecule has 0 radical (unpaired) electrons. The molecule has 96 valence electrons. The zero-order chi connectivity index (χ0) is 11.7. The molecule has 1 amide bonds. The minimum absolute atomic E-state index is 0.108. The molecule has 3 heterocycles. The fourth-order valence-corrected chi connectivity index (χ4v) is 3.47. The van der Waals surface area contributed by atoms with Crippen molar-refractivity contribution >= 4 is 5.91 Å². The lowest BCUT2D eigenvalue weighted by atomic mass is 10.0. The van der Waals surface area contributed by atoms with Gasteiger partial charge in [0.15, 0.2) is 0 Å². The minimum atomic E-state index is 0.108. The van der Waals surface area contributed by atoms with Gasteiger partial charge < -0.3 is 10.2 Å². The van der Waals surface area contributed by atoms with E-state index in [1.165, 1.54) is 32.2 Å². The first-order valence-electron chi connectivity index (χ1n) is 7.11. The lowest BCUT2D eigenvalue weighted by Crippen LogP contribution is -2.57. The van der Waals surface area contributed by atoms with Gasteiger partial charge in [0.25, 0.3) is 0 Å². The molecule has 3 fully saturated rings. The van der Waals surface area contributed by atoms with Crippen LogP contribution in [0.2, 0.25) is 0 Å². The van der Waals surface area contributed by atoms with E-state index in [-0.39, 0.29) is 6.04 Å². The molecule has 0 aromatic carbocycles. The Morgan fingerprint density at radius 2 is 2.00 bits per heavy atom. The van der Waals surface area contributed by atoms with E-state index in [1.54, 1.807) is 0 Å². The number of nitrogens with one attached hydrogen (secondary N) is 1. The Morgan fingerprint density at radius 3 is 2.82 bits per heavy atom. The third-order valence-electron chi connectivity index (χ3n) is 4.51. The van der Waals surface area contributed by atoms with Crippen molar-refractivity contribution in [3.05, 3.63) is 0 Å². The Balaban J connectivity index is 1.58. The molecule has 0 aliphatic carbocycles. The number of rotatable bonds is 1. The quantitative estimate of drug-likeness (QED) is 0.718. The minimum Gasteiger partial charge on any atom is -0.338 e. The van der Waals surface area contributed by atoms with Crippen molar-refractivity contribution < 1.29 is 4.79 Å². The standard InChI is InChI=1S/C13H23N3O/c17-13(12-5-1-2-6-14-12)16-9-8-15-7-3-4-11(15)10-16/h11-12,14H,1-10H2. The first kappa shape index (κ1) is 11.5. The van der Waals surface area contributed by atoms with Gasteiger partial charge in [-0.1, -0.05) is 6.42 Å². The van der Waals surface area contributed by atoms with Crippen molar-refractivity contribution in [3.63, 3.8) is 0 Å². The van der Waals surface area contributed by atoms with Gasteiger partial charge in [-0.15, -0.1) is 0 Å². The zero-order valence-electron chi connectivity index (χ0n) is 10.5. The van der Waals surface area contributed by atoms with Crippen molar-refractivity contribution in [2.45, 2.75) is 44.2 Å². The summed E-state index contributed by atoms with van der Waals surface area (Å²) >= 11 is 0. The Kier molecular flexibility index (Phi) is 3.34. The van der Waals surface area contributed by atoms with E-state index >= 15 is 0 Å². The normalized spacial score (nSPS) is 34.7. The topological polar surface area (TPSA) is 35.6 Å². The molecule has 0 aromatic rings. The molecule has 17 heavy (non-hydrogen) atoms.